The van der Waals surface area contributed by atoms with Crippen LogP contribution in [0.2, 0.25) is 0 Å². The molecule has 0 radical (unpaired) electrons. The highest BCUT2D eigenvalue weighted by molar-refractivity contribution is 5.18. The Kier molecular flexibility index (Phi) is 6.86. The molecule has 0 bridgehead atoms. The molecule has 3 heteroatoms. The summed E-state index contributed by atoms with van der Waals surface area (Å²) in [5, 5.41) is 0. The molecule has 3 nitrogen and oxygen atoms in total. The zero-order chi connectivity index (χ0) is 12.5. The van der Waals surface area contributed by atoms with E-state index >= 15 is 0 Å². The molecule has 96 valence electrons. The summed E-state index contributed by atoms with van der Waals surface area (Å²) in [5.74, 6) is 0. The standard InChI is InChI=1S/C14H24N2O/c1-3-17-12-11-16(2)14(9-10-15)13-7-5-4-6-8-13/h4-8,14H,3,9-12,15H2,1-2H3. The first kappa shape index (κ1) is 14.2. The summed E-state index contributed by atoms with van der Waals surface area (Å²) >= 11 is 0. The minimum atomic E-state index is 0.390. The van der Waals surface area contributed by atoms with Crippen LogP contribution in [0.25, 0.3) is 0 Å². The molecule has 0 saturated heterocycles. The van der Waals surface area contributed by atoms with E-state index in [0.717, 1.165) is 26.2 Å². The zero-order valence-corrected chi connectivity index (χ0v) is 10.9. The van der Waals surface area contributed by atoms with Gasteiger partial charge in [0.25, 0.3) is 0 Å². The van der Waals surface area contributed by atoms with Crippen molar-refractivity contribution in [3.8, 4) is 0 Å². The van der Waals surface area contributed by atoms with E-state index in [1.807, 2.05) is 13.0 Å². The van der Waals surface area contributed by atoms with Gasteiger partial charge in [-0.3, -0.25) is 4.90 Å². The van der Waals surface area contributed by atoms with Gasteiger partial charge in [-0.25, -0.2) is 0 Å². The number of nitrogens with two attached hydrogens (primary N) is 1. The van der Waals surface area contributed by atoms with Crippen molar-refractivity contribution < 1.29 is 4.74 Å². The van der Waals surface area contributed by atoms with E-state index in [2.05, 4.69) is 36.2 Å². The molecule has 0 fully saturated rings. The highest BCUT2D eigenvalue weighted by Crippen LogP contribution is 2.21. The molecule has 0 aliphatic rings. The summed E-state index contributed by atoms with van der Waals surface area (Å²) in [6.07, 6.45) is 0.979. The number of benzene rings is 1. The van der Waals surface area contributed by atoms with Gasteiger partial charge in [-0.05, 0) is 32.5 Å². The first-order valence-electron chi connectivity index (χ1n) is 6.32. The minimum absolute atomic E-state index is 0.390. The van der Waals surface area contributed by atoms with Crippen molar-refractivity contribution in [1.82, 2.24) is 4.90 Å². The molecule has 0 aliphatic carbocycles. The van der Waals surface area contributed by atoms with Crippen molar-refractivity contribution in [2.75, 3.05) is 33.4 Å². The lowest BCUT2D eigenvalue weighted by molar-refractivity contribution is 0.105. The molecule has 0 heterocycles. The molecule has 0 spiro atoms. The lowest BCUT2D eigenvalue weighted by atomic mass is 10.0. The van der Waals surface area contributed by atoms with E-state index in [-0.39, 0.29) is 0 Å². The molecule has 0 aromatic heterocycles. The van der Waals surface area contributed by atoms with Gasteiger partial charge in [-0.1, -0.05) is 30.3 Å². The maximum absolute atomic E-state index is 5.70. The molecule has 1 aromatic rings. The van der Waals surface area contributed by atoms with Gasteiger partial charge >= 0.3 is 0 Å². The second-order valence-corrected chi connectivity index (χ2v) is 4.18. The lowest BCUT2D eigenvalue weighted by Crippen LogP contribution is -2.29. The number of ether oxygens (including phenoxy) is 1. The molecule has 2 N–H and O–H groups in total. The Labute approximate surface area is 105 Å². The Morgan fingerprint density at radius 1 is 1.29 bits per heavy atom. The molecular weight excluding hydrogens is 212 g/mol. The topological polar surface area (TPSA) is 38.5 Å². The lowest BCUT2D eigenvalue weighted by Gasteiger charge is -2.28. The number of hydrogen-bond donors (Lipinski definition) is 1. The fraction of sp³-hybridized carbons (Fsp3) is 0.571. The van der Waals surface area contributed by atoms with Crippen LogP contribution >= 0.6 is 0 Å². The van der Waals surface area contributed by atoms with E-state index in [4.69, 9.17) is 10.5 Å². The number of likely N-dealkylation sites (N-methyl/N-ethyl adjacent to an activating group) is 1. The van der Waals surface area contributed by atoms with Gasteiger partial charge in [-0.2, -0.15) is 0 Å². The summed E-state index contributed by atoms with van der Waals surface area (Å²) < 4.78 is 5.40. The van der Waals surface area contributed by atoms with Crippen LogP contribution in [-0.4, -0.2) is 38.3 Å². The summed E-state index contributed by atoms with van der Waals surface area (Å²) in [5.41, 5.74) is 7.03. The van der Waals surface area contributed by atoms with E-state index in [1.165, 1.54) is 5.56 Å². The first-order valence-corrected chi connectivity index (χ1v) is 6.32. The molecular formula is C14H24N2O. The Morgan fingerprint density at radius 3 is 2.59 bits per heavy atom. The highest BCUT2D eigenvalue weighted by Gasteiger charge is 2.15. The molecule has 0 saturated carbocycles. The second-order valence-electron chi connectivity index (χ2n) is 4.18. The van der Waals surface area contributed by atoms with Crippen LogP contribution in [0.3, 0.4) is 0 Å². The van der Waals surface area contributed by atoms with E-state index < -0.39 is 0 Å². The van der Waals surface area contributed by atoms with Crippen molar-refractivity contribution in [2.24, 2.45) is 5.73 Å². The van der Waals surface area contributed by atoms with Crippen molar-refractivity contribution >= 4 is 0 Å². The summed E-state index contributed by atoms with van der Waals surface area (Å²) in [4.78, 5) is 2.32. The van der Waals surface area contributed by atoms with E-state index in [0.29, 0.717) is 12.6 Å². The van der Waals surface area contributed by atoms with E-state index in [9.17, 15) is 0 Å². The quantitative estimate of drug-likeness (QED) is 0.702. The normalized spacial score (nSPS) is 12.9. The average Bonchev–Trinajstić information content (AvgIpc) is 2.37. The van der Waals surface area contributed by atoms with Crippen LogP contribution < -0.4 is 5.73 Å². The second kappa shape index (κ2) is 8.23. The maximum atomic E-state index is 5.70. The Morgan fingerprint density at radius 2 is 2.00 bits per heavy atom. The minimum Gasteiger partial charge on any atom is -0.380 e. The number of rotatable bonds is 8. The van der Waals surface area contributed by atoms with Crippen LogP contribution in [0.4, 0.5) is 0 Å². The number of nitrogens with zero attached hydrogens (tertiary/aromatic N) is 1. The smallest absolute Gasteiger partial charge is 0.0593 e. The SMILES string of the molecule is CCOCCN(C)C(CCN)c1ccccc1. The third kappa shape index (κ3) is 4.86. The van der Waals surface area contributed by atoms with Crippen LogP contribution in [0.5, 0.6) is 0 Å². The largest absolute Gasteiger partial charge is 0.380 e. The summed E-state index contributed by atoms with van der Waals surface area (Å²) in [6.45, 7) is 5.22. The molecule has 1 atom stereocenters. The van der Waals surface area contributed by atoms with Crippen LogP contribution in [0, 0.1) is 0 Å². The van der Waals surface area contributed by atoms with Crippen molar-refractivity contribution in [3.63, 3.8) is 0 Å². The molecule has 0 aliphatic heterocycles. The Balaban J connectivity index is 2.58. The zero-order valence-electron chi connectivity index (χ0n) is 10.9. The van der Waals surface area contributed by atoms with Crippen LogP contribution in [0.15, 0.2) is 30.3 Å². The Hall–Kier alpha value is -0.900. The predicted octanol–water partition coefficient (Wildman–Crippen LogP) is 2.04. The molecule has 1 unspecified atom stereocenters. The average molecular weight is 236 g/mol. The number of hydrogen-bond acceptors (Lipinski definition) is 3. The maximum Gasteiger partial charge on any atom is 0.0593 e. The fourth-order valence-corrected chi connectivity index (χ4v) is 1.98. The van der Waals surface area contributed by atoms with Gasteiger partial charge in [0.1, 0.15) is 0 Å². The van der Waals surface area contributed by atoms with Crippen molar-refractivity contribution in [2.45, 2.75) is 19.4 Å². The molecule has 1 aromatic carbocycles. The van der Waals surface area contributed by atoms with Gasteiger partial charge < -0.3 is 10.5 Å². The van der Waals surface area contributed by atoms with Gasteiger partial charge in [0.15, 0.2) is 0 Å². The molecule has 17 heavy (non-hydrogen) atoms. The van der Waals surface area contributed by atoms with Crippen molar-refractivity contribution in [3.05, 3.63) is 35.9 Å². The Bertz CT molecular complexity index is 290. The molecule has 1 rings (SSSR count). The van der Waals surface area contributed by atoms with Gasteiger partial charge in [0, 0.05) is 19.2 Å². The first-order chi connectivity index (χ1) is 8.29. The third-order valence-corrected chi connectivity index (χ3v) is 2.95. The predicted molar refractivity (Wildman–Crippen MR) is 72.0 cm³/mol. The monoisotopic (exact) mass is 236 g/mol. The van der Waals surface area contributed by atoms with Gasteiger partial charge in [0.2, 0.25) is 0 Å². The highest BCUT2D eigenvalue weighted by atomic mass is 16.5. The summed E-state index contributed by atoms with van der Waals surface area (Å²) in [7, 11) is 2.13. The fourth-order valence-electron chi connectivity index (χ4n) is 1.98. The van der Waals surface area contributed by atoms with Crippen LogP contribution in [-0.2, 0) is 4.74 Å². The van der Waals surface area contributed by atoms with Crippen LogP contribution in [0.1, 0.15) is 24.9 Å². The van der Waals surface area contributed by atoms with Gasteiger partial charge in [-0.15, -0.1) is 0 Å². The molecule has 0 amide bonds. The van der Waals surface area contributed by atoms with Crippen molar-refractivity contribution in [1.29, 1.82) is 0 Å². The summed E-state index contributed by atoms with van der Waals surface area (Å²) in [6, 6.07) is 10.9. The third-order valence-electron chi connectivity index (χ3n) is 2.95. The van der Waals surface area contributed by atoms with E-state index in [1.54, 1.807) is 0 Å². The van der Waals surface area contributed by atoms with Gasteiger partial charge in [0.05, 0.1) is 6.61 Å².